The number of aromatic nitrogens is 4. The lowest BCUT2D eigenvalue weighted by molar-refractivity contribution is 0.0687. The molecule has 0 radical (unpaired) electrons. The number of nitrogens with one attached hydrogen (secondary N) is 1. The average Bonchev–Trinajstić information content (AvgIpc) is 3.10. The number of hydrogen-bond donors (Lipinski definition) is 2. The number of fused-ring (bicyclic) bond motifs is 1. The van der Waals surface area contributed by atoms with Gasteiger partial charge in [0.15, 0.2) is 0 Å². The predicted octanol–water partition coefficient (Wildman–Crippen LogP) is 3.51. The Balaban J connectivity index is 1.60. The number of H-pyrrole nitrogens is 1. The lowest BCUT2D eigenvalue weighted by atomic mass is 10.0. The van der Waals surface area contributed by atoms with Crippen LogP contribution in [0.5, 0.6) is 11.6 Å². The number of carboxylic acids is 1. The first-order valence-corrected chi connectivity index (χ1v) is 7.48. The molecule has 0 atom stereocenters. The summed E-state index contributed by atoms with van der Waals surface area (Å²) in [6.45, 7) is 0. The Kier molecular flexibility index (Phi) is 3.59. The molecular weight excluding hydrogens is 320 g/mol. The Morgan fingerprint density at radius 2 is 1.84 bits per heavy atom. The van der Waals surface area contributed by atoms with Gasteiger partial charge in [-0.1, -0.05) is 40.6 Å². The zero-order valence-corrected chi connectivity index (χ0v) is 12.9. The van der Waals surface area contributed by atoms with E-state index in [0.717, 1.165) is 22.0 Å². The zero-order valence-electron chi connectivity index (χ0n) is 12.9. The molecule has 0 bridgehead atoms. The molecule has 4 aromatic rings. The van der Waals surface area contributed by atoms with E-state index in [2.05, 4.69) is 20.4 Å². The van der Waals surface area contributed by atoms with Crippen molar-refractivity contribution in [2.75, 3.05) is 0 Å². The van der Waals surface area contributed by atoms with Gasteiger partial charge in [-0.15, -0.1) is 0 Å². The van der Waals surface area contributed by atoms with Crippen LogP contribution in [0.4, 0.5) is 0 Å². The van der Waals surface area contributed by atoms with Crippen molar-refractivity contribution in [1.29, 1.82) is 0 Å². The van der Waals surface area contributed by atoms with Crippen molar-refractivity contribution in [3.8, 4) is 22.8 Å². The molecule has 0 unspecified atom stereocenters. The molecule has 0 aliphatic heterocycles. The molecule has 0 aliphatic rings. The highest BCUT2D eigenvalue weighted by atomic mass is 16.5. The zero-order chi connectivity index (χ0) is 17.2. The largest absolute Gasteiger partial charge is 0.476 e. The number of aromatic amines is 1. The van der Waals surface area contributed by atoms with E-state index in [9.17, 15) is 4.79 Å². The highest BCUT2D eigenvalue weighted by Gasteiger charge is 2.16. The van der Waals surface area contributed by atoms with Gasteiger partial charge in [0.05, 0.1) is 5.52 Å². The van der Waals surface area contributed by atoms with Crippen molar-refractivity contribution in [1.82, 2.24) is 20.4 Å². The van der Waals surface area contributed by atoms with Crippen molar-refractivity contribution < 1.29 is 14.6 Å². The van der Waals surface area contributed by atoms with Crippen LogP contribution in [0.25, 0.3) is 22.0 Å². The topological polar surface area (TPSA) is 101 Å². The van der Waals surface area contributed by atoms with Gasteiger partial charge < -0.3 is 9.84 Å². The molecule has 0 aliphatic carbocycles. The number of carbonyl (C=O) groups is 1. The maximum absolute atomic E-state index is 11.0. The van der Waals surface area contributed by atoms with Crippen LogP contribution >= 0.6 is 0 Å². The van der Waals surface area contributed by atoms with Crippen LogP contribution < -0.4 is 4.74 Å². The van der Waals surface area contributed by atoms with E-state index in [-0.39, 0.29) is 11.6 Å². The van der Waals surface area contributed by atoms with E-state index in [1.54, 1.807) is 18.3 Å². The van der Waals surface area contributed by atoms with Crippen molar-refractivity contribution >= 4 is 16.9 Å². The summed E-state index contributed by atoms with van der Waals surface area (Å²) in [5, 5.41) is 19.5. The van der Waals surface area contributed by atoms with Crippen LogP contribution in [0, 0.1) is 0 Å². The molecule has 2 aromatic carbocycles. The summed E-state index contributed by atoms with van der Waals surface area (Å²) in [7, 11) is 0. The monoisotopic (exact) mass is 332 g/mol. The van der Waals surface area contributed by atoms with E-state index in [4.69, 9.17) is 9.84 Å². The predicted molar refractivity (Wildman–Crippen MR) is 90.6 cm³/mol. The van der Waals surface area contributed by atoms with Crippen molar-refractivity contribution in [3.63, 3.8) is 0 Å². The maximum Gasteiger partial charge on any atom is 0.359 e. The van der Waals surface area contributed by atoms with E-state index in [1.807, 2.05) is 42.5 Å². The lowest BCUT2D eigenvalue weighted by Gasteiger charge is -2.06. The van der Waals surface area contributed by atoms with Gasteiger partial charge in [-0.3, -0.25) is 4.98 Å². The molecule has 2 heterocycles. The lowest BCUT2D eigenvalue weighted by Crippen LogP contribution is -1.99. The Labute approximate surface area is 141 Å². The number of nitrogens with zero attached hydrogens (tertiary/aromatic N) is 3. The van der Waals surface area contributed by atoms with Crippen LogP contribution in [0.3, 0.4) is 0 Å². The molecule has 7 heteroatoms. The first kappa shape index (κ1) is 14.8. The third kappa shape index (κ3) is 2.90. The van der Waals surface area contributed by atoms with Gasteiger partial charge in [0, 0.05) is 11.6 Å². The van der Waals surface area contributed by atoms with E-state index < -0.39 is 5.97 Å². The van der Waals surface area contributed by atoms with Crippen molar-refractivity contribution in [3.05, 3.63) is 66.5 Å². The average molecular weight is 332 g/mol. The normalized spacial score (nSPS) is 10.7. The molecule has 0 spiro atoms. The second-order valence-corrected chi connectivity index (χ2v) is 5.33. The summed E-state index contributed by atoms with van der Waals surface area (Å²) >= 11 is 0. The van der Waals surface area contributed by atoms with Crippen LogP contribution in [0.2, 0.25) is 0 Å². The second-order valence-electron chi connectivity index (χ2n) is 5.33. The standard InChI is InChI=1S/C18H12N4O3/c23-18(24)16-17(21-22-20-16)25-14-7-5-11(6-8-14)13-4-3-12-2-1-9-19-15(12)10-13/h1-10H,(H,23,24)(H,20,21,22). The smallest absolute Gasteiger partial charge is 0.359 e. The summed E-state index contributed by atoms with van der Waals surface area (Å²) in [6, 6.07) is 17.3. The van der Waals surface area contributed by atoms with E-state index in [1.165, 1.54) is 0 Å². The molecule has 2 aromatic heterocycles. The van der Waals surface area contributed by atoms with Crippen LogP contribution in [-0.4, -0.2) is 31.5 Å². The van der Waals surface area contributed by atoms with Crippen molar-refractivity contribution in [2.24, 2.45) is 0 Å². The fraction of sp³-hybridized carbons (Fsp3) is 0. The van der Waals surface area contributed by atoms with E-state index >= 15 is 0 Å². The fourth-order valence-corrected chi connectivity index (χ4v) is 2.50. The van der Waals surface area contributed by atoms with Gasteiger partial charge in [-0.05, 0) is 35.4 Å². The van der Waals surface area contributed by atoms with Gasteiger partial charge in [-0.2, -0.15) is 0 Å². The van der Waals surface area contributed by atoms with E-state index in [0.29, 0.717) is 5.75 Å². The molecule has 0 fully saturated rings. The van der Waals surface area contributed by atoms with Gasteiger partial charge in [0.2, 0.25) is 5.69 Å². The van der Waals surface area contributed by atoms with Crippen LogP contribution in [-0.2, 0) is 0 Å². The summed E-state index contributed by atoms with van der Waals surface area (Å²) in [4.78, 5) is 15.4. The highest BCUT2D eigenvalue weighted by Crippen LogP contribution is 2.27. The molecule has 4 rings (SSSR count). The number of rotatable bonds is 4. The minimum absolute atomic E-state index is 0.0739. The molecule has 122 valence electrons. The van der Waals surface area contributed by atoms with Crippen LogP contribution in [0.1, 0.15) is 10.5 Å². The molecule has 25 heavy (non-hydrogen) atoms. The molecule has 0 saturated carbocycles. The van der Waals surface area contributed by atoms with Crippen LogP contribution in [0.15, 0.2) is 60.8 Å². The summed E-state index contributed by atoms with van der Waals surface area (Å²) < 4.78 is 5.47. The number of aromatic carboxylic acids is 1. The van der Waals surface area contributed by atoms with Gasteiger partial charge in [0.25, 0.3) is 5.88 Å². The Hall–Kier alpha value is -3.74. The minimum atomic E-state index is -1.18. The Bertz CT molecular complexity index is 1060. The summed E-state index contributed by atoms with van der Waals surface area (Å²) in [5.74, 6) is -0.783. The number of ether oxygens (including phenoxy) is 1. The van der Waals surface area contributed by atoms with Gasteiger partial charge >= 0.3 is 5.97 Å². The number of pyridine rings is 1. The second kappa shape index (κ2) is 6.04. The van der Waals surface area contributed by atoms with Crippen molar-refractivity contribution in [2.45, 2.75) is 0 Å². The SMILES string of the molecule is O=C(O)c1[nH]nnc1Oc1ccc(-c2ccc3cccnc3c2)cc1. The van der Waals surface area contributed by atoms with Gasteiger partial charge in [-0.25, -0.2) is 9.89 Å². The van der Waals surface area contributed by atoms with Gasteiger partial charge in [0.1, 0.15) is 5.75 Å². The fourth-order valence-electron chi connectivity index (χ4n) is 2.50. The first-order chi connectivity index (χ1) is 12.2. The number of hydrogen-bond acceptors (Lipinski definition) is 5. The molecule has 0 saturated heterocycles. The Morgan fingerprint density at radius 1 is 1.04 bits per heavy atom. The quantitative estimate of drug-likeness (QED) is 0.593. The summed E-state index contributed by atoms with van der Waals surface area (Å²) in [5.41, 5.74) is 2.77. The molecule has 0 amide bonds. The molecular formula is C18H12N4O3. The Morgan fingerprint density at radius 3 is 2.64 bits per heavy atom. The highest BCUT2D eigenvalue weighted by molar-refractivity contribution is 5.87. The molecule has 2 N–H and O–H groups in total. The third-order valence-corrected chi connectivity index (χ3v) is 3.74. The number of benzene rings is 2. The molecule has 7 nitrogen and oxygen atoms in total. The summed E-state index contributed by atoms with van der Waals surface area (Å²) in [6.07, 6.45) is 1.76. The number of carboxylic acid groups (broad SMARTS) is 1. The maximum atomic E-state index is 11.0. The third-order valence-electron chi connectivity index (χ3n) is 3.74. The first-order valence-electron chi connectivity index (χ1n) is 7.48. The minimum Gasteiger partial charge on any atom is -0.476 e.